The number of halogens is 3. The minimum absolute atomic E-state index is 0.244. The standard InChI is InChI=1S/C9H8B2F3O2/c10-11-6-1-3-7(4-2-6)16-5-8(15)9(12,13)14/h1-4,8,15H,5H2. The molecule has 1 aromatic rings. The Balaban J connectivity index is 2.48. The lowest BCUT2D eigenvalue weighted by molar-refractivity contribution is -0.210. The van der Waals surface area contributed by atoms with E-state index in [-0.39, 0.29) is 5.75 Å². The number of hydrogen-bond acceptors (Lipinski definition) is 2. The van der Waals surface area contributed by atoms with Gasteiger partial charge in [0, 0.05) is 7.74 Å². The molecule has 0 aliphatic carbocycles. The van der Waals surface area contributed by atoms with Crippen molar-refractivity contribution in [1.29, 1.82) is 0 Å². The molecule has 7 heteroatoms. The van der Waals surface area contributed by atoms with Crippen molar-refractivity contribution < 1.29 is 23.0 Å². The second kappa shape index (κ2) is 5.30. The van der Waals surface area contributed by atoms with Crippen LogP contribution in [0.1, 0.15) is 0 Å². The van der Waals surface area contributed by atoms with Crippen LogP contribution in [0.2, 0.25) is 0 Å². The quantitative estimate of drug-likeness (QED) is 0.754. The zero-order valence-electron chi connectivity index (χ0n) is 8.24. The van der Waals surface area contributed by atoms with Crippen molar-refractivity contribution >= 4 is 20.4 Å². The summed E-state index contributed by atoms with van der Waals surface area (Å²) in [5, 5.41) is 8.67. The summed E-state index contributed by atoms with van der Waals surface area (Å²) >= 11 is 0. The Kier molecular flexibility index (Phi) is 4.29. The fourth-order valence-corrected chi connectivity index (χ4v) is 0.945. The molecule has 0 amide bonds. The van der Waals surface area contributed by atoms with Crippen LogP contribution in [0.3, 0.4) is 0 Å². The summed E-state index contributed by atoms with van der Waals surface area (Å²) in [5.41, 5.74) is 0.726. The highest BCUT2D eigenvalue weighted by Crippen LogP contribution is 2.20. The van der Waals surface area contributed by atoms with E-state index < -0.39 is 18.9 Å². The Morgan fingerprint density at radius 1 is 1.31 bits per heavy atom. The third kappa shape index (κ3) is 3.81. The van der Waals surface area contributed by atoms with Crippen molar-refractivity contribution in [3.8, 4) is 5.75 Å². The van der Waals surface area contributed by atoms with E-state index in [1.807, 2.05) is 0 Å². The SMILES string of the molecule is [B][B]c1ccc(OCC(O)C(F)(F)F)cc1. The molecule has 3 radical (unpaired) electrons. The van der Waals surface area contributed by atoms with Gasteiger partial charge in [-0.15, -0.1) is 0 Å². The Morgan fingerprint density at radius 2 is 1.88 bits per heavy atom. The average Bonchev–Trinajstić information content (AvgIpc) is 2.25. The van der Waals surface area contributed by atoms with Gasteiger partial charge in [0.1, 0.15) is 12.4 Å². The normalized spacial score (nSPS) is 13.2. The van der Waals surface area contributed by atoms with Gasteiger partial charge < -0.3 is 9.84 Å². The van der Waals surface area contributed by atoms with Crippen molar-refractivity contribution in [2.75, 3.05) is 6.61 Å². The molecule has 0 bridgehead atoms. The molecular formula is C9H8B2F3O2. The zero-order chi connectivity index (χ0) is 12.2. The molecule has 1 atom stereocenters. The van der Waals surface area contributed by atoms with Crippen LogP contribution in [-0.2, 0) is 0 Å². The summed E-state index contributed by atoms with van der Waals surface area (Å²) in [4.78, 5) is 0. The van der Waals surface area contributed by atoms with Crippen LogP contribution in [0.5, 0.6) is 5.75 Å². The van der Waals surface area contributed by atoms with E-state index >= 15 is 0 Å². The molecule has 83 valence electrons. The van der Waals surface area contributed by atoms with E-state index in [1.54, 1.807) is 12.1 Å². The lowest BCUT2D eigenvalue weighted by Gasteiger charge is -2.15. The molecule has 1 unspecified atom stereocenters. The topological polar surface area (TPSA) is 29.5 Å². The Bertz CT molecular complexity index is 327. The summed E-state index contributed by atoms with van der Waals surface area (Å²) in [6.07, 6.45) is -7.14. The van der Waals surface area contributed by atoms with Gasteiger partial charge in [-0.1, -0.05) is 17.6 Å². The van der Waals surface area contributed by atoms with Crippen molar-refractivity contribution in [2.24, 2.45) is 0 Å². The maximum Gasteiger partial charge on any atom is 0.417 e. The number of alkyl halides is 3. The van der Waals surface area contributed by atoms with Gasteiger partial charge in [0.05, 0.1) is 7.17 Å². The van der Waals surface area contributed by atoms with Crippen LogP contribution < -0.4 is 10.2 Å². The second-order valence-electron chi connectivity index (χ2n) is 3.10. The van der Waals surface area contributed by atoms with Gasteiger partial charge >= 0.3 is 6.18 Å². The molecule has 1 aromatic carbocycles. The smallest absolute Gasteiger partial charge is 0.417 e. The van der Waals surface area contributed by atoms with Crippen molar-refractivity contribution in [1.82, 2.24) is 0 Å². The average molecular weight is 227 g/mol. The Hall–Kier alpha value is -1.10. The number of aliphatic hydroxyl groups is 1. The van der Waals surface area contributed by atoms with Crippen LogP contribution in [0.4, 0.5) is 13.2 Å². The maximum absolute atomic E-state index is 11.9. The van der Waals surface area contributed by atoms with E-state index in [0.717, 1.165) is 5.46 Å². The molecule has 1 N–H and O–H groups in total. The van der Waals surface area contributed by atoms with E-state index in [1.165, 1.54) is 19.3 Å². The molecule has 16 heavy (non-hydrogen) atoms. The van der Waals surface area contributed by atoms with Crippen LogP contribution in [-0.4, -0.2) is 38.9 Å². The Morgan fingerprint density at radius 3 is 2.31 bits per heavy atom. The summed E-state index contributed by atoms with van der Waals surface area (Å²) in [6, 6.07) is 6.13. The van der Waals surface area contributed by atoms with Gasteiger partial charge in [0.15, 0.2) is 6.10 Å². The number of rotatable bonds is 4. The Labute approximate surface area is 93.1 Å². The summed E-state index contributed by atoms with van der Waals surface area (Å²) in [5.74, 6) is 0.244. The minimum atomic E-state index is -4.66. The molecular weight excluding hydrogens is 219 g/mol. The molecule has 0 spiro atoms. The highest BCUT2D eigenvalue weighted by Gasteiger charge is 2.38. The van der Waals surface area contributed by atoms with E-state index in [9.17, 15) is 13.2 Å². The van der Waals surface area contributed by atoms with Crippen molar-refractivity contribution in [3.63, 3.8) is 0 Å². The van der Waals surface area contributed by atoms with Crippen LogP contribution in [0, 0.1) is 0 Å². The second-order valence-corrected chi connectivity index (χ2v) is 3.10. The van der Waals surface area contributed by atoms with E-state index in [2.05, 4.69) is 0 Å². The molecule has 0 saturated carbocycles. The fraction of sp³-hybridized carbons (Fsp3) is 0.333. The molecule has 0 saturated heterocycles. The van der Waals surface area contributed by atoms with Crippen molar-refractivity contribution in [2.45, 2.75) is 12.3 Å². The fourth-order valence-electron chi connectivity index (χ4n) is 0.945. The summed E-state index contributed by atoms with van der Waals surface area (Å²) in [7, 11) is 6.58. The lowest BCUT2D eigenvalue weighted by atomic mass is 9.51. The number of hydrogen-bond donors (Lipinski definition) is 1. The highest BCUT2D eigenvalue weighted by atomic mass is 19.4. The molecule has 0 fully saturated rings. The molecule has 2 nitrogen and oxygen atoms in total. The molecule has 0 heterocycles. The number of aliphatic hydroxyl groups excluding tert-OH is 1. The predicted octanol–water partition coefficient (Wildman–Crippen LogP) is 0.402. The van der Waals surface area contributed by atoms with Gasteiger partial charge in [0.2, 0.25) is 0 Å². The first-order chi connectivity index (χ1) is 7.43. The monoisotopic (exact) mass is 227 g/mol. The first kappa shape index (κ1) is 13.0. The summed E-state index contributed by atoms with van der Waals surface area (Å²) in [6.45, 7) is -0.824. The minimum Gasteiger partial charge on any atom is -0.491 e. The van der Waals surface area contributed by atoms with E-state index in [4.69, 9.17) is 17.6 Å². The largest absolute Gasteiger partial charge is 0.491 e. The van der Waals surface area contributed by atoms with Gasteiger partial charge in [0.25, 0.3) is 0 Å². The maximum atomic E-state index is 11.9. The predicted molar refractivity (Wildman–Crippen MR) is 55.1 cm³/mol. The number of benzene rings is 1. The van der Waals surface area contributed by atoms with Gasteiger partial charge in [-0.05, 0) is 12.1 Å². The number of ether oxygens (including phenoxy) is 1. The first-order valence-corrected chi connectivity index (χ1v) is 4.46. The van der Waals surface area contributed by atoms with Gasteiger partial charge in [-0.25, -0.2) is 0 Å². The van der Waals surface area contributed by atoms with Crippen molar-refractivity contribution in [3.05, 3.63) is 24.3 Å². The summed E-state index contributed by atoms with van der Waals surface area (Å²) < 4.78 is 40.5. The molecule has 0 aromatic heterocycles. The molecule has 0 aliphatic heterocycles. The van der Waals surface area contributed by atoms with Gasteiger partial charge in [-0.2, -0.15) is 13.2 Å². The lowest BCUT2D eigenvalue weighted by Crippen LogP contribution is -2.34. The van der Waals surface area contributed by atoms with E-state index in [0.29, 0.717) is 0 Å². The molecule has 1 rings (SSSR count). The van der Waals surface area contributed by atoms with Crippen LogP contribution in [0.15, 0.2) is 24.3 Å². The zero-order valence-corrected chi connectivity index (χ0v) is 8.24. The third-order valence-electron chi connectivity index (χ3n) is 1.86. The van der Waals surface area contributed by atoms with Crippen LogP contribution >= 0.6 is 0 Å². The van der Waals surface area contributed by atoms with Gasteiger partial charge in [-0.3, -0.25) is 0 Å². The van der Waals surface area contributed by atoms with Crippen LogP contribution in [0.25, 0.3) is 0 Å². The highest BCUT2D eigenvalue weighted by molar-refractivity contribution is 6.97. The third-order valence-corrected chi connectivity index (χ3v) is 1.86. The first-order valence-electron chi connectivity index (χ1n) is 4.46. The molecule has 0 aliphatic rings.